The van der Waals surface area contributed by atoms with E-state index in [9.17, 15) is 0 Å². The first-order valence-electron chi connectivity index (χ1n) is 6.63. The molecule has 0 saturated heterocycles. The number of nitrogens with zero attached hydrogens (tertiary/aromatic N) is 1. The quantitative estimate of drug-likeness (QED) is 0.703. The minimum atomic E-state index is 0.352. The first-order valence-corrected chi connectivity index (χ1v) is 6.63. The molecule has 3 nitrogen and oxygen atoms in total. The average molecular weight is 236 g/mol. The Kier molecular flexibility index (Phi) is 6.63. The van der Waals surface area contributed by atoms with E-state index in [1.165, 1.54) is 0 Å². The highest BCUT2D eigenvalue weighted by Gasteiger charge is 2.08. The predicted octanol–water partition coefficient (Wildman–Crippen LogP) is 3.32. The highest BCUT2D eigenvalue weighted by atomic mass is 16.5. The molecule has 0 radical (unpaired) electrons. The number of hydrogen-bond donors (Lipinski definition) is 1. The summed E-state index contributed by atoms with van der Waals surface area (Å²) in [7, 11) is 0. The fourth-order valence-corrected chi connectivity index (χ4v) is 1.72. The number of aromatic nitrogens is 1. The van der Waals surface area contributed by atoms with Gasteiger partial charge in [-0.1, -0.05) is 27.2 Å². The summed E-state index contributed by atoms with van der Waals surface area (Å²) in [5.74, 6) is 0.869. The Balaban J connectivity index is 2.53. The molecule has 17 heavy (non-hydrogen) atoms. The predicted molar refractivity (Wildman–Crippen MR) is 71.3 cm³/mol. The van der Waals surface area contributed by atoms with E-state index < -0.39 is 0 Å². The fraction of sp³-hybridized carbons (Fsp3) is 0.643. The molecular weight excluding hydrogens is 212 g/mol. The molecule has 1 N–H and O–H groups in total. The third kappa shape index (κ3) is 4.73. The lowest BCUT2D eigenvalue weighted by Crippen LogP contribution is -2.20. The number of hydrogen-bond acceptors (Lipinski definition) is 3. The normalized spacial score (nSPS) is 12.4. The van der Waals surface area contributed by atoms with Gasteiger partial charge in [0.05, 0.1) is 18.5 Å². The minimum Gasteiger partial charge on any atom is -0.492 e. The number of unbranched alkanes of at least 4 members (excludes halogenated alkanes) is 1. The van der Waals surface area contributed by atoms with Crippen molar-refractivity contribution in [1.82, 2.24) is 10.3 Å². The van der Waals surface area contributed by atoms with Gasteiger partial charge >= 0.3 is 0 Å². The van der Waals surface area contributed by atoms with Gasteiger partial charge in [-0.2, -0.15) is 0 Å². The lowest BCUT2D eigenvalue weighted by Gasteiger charge is -2.15. The molecule has 1 rings (SSSR count). The van der Waals surface area contributed by atoms with Gasteiger partial charge in [-0.05, 0) is 31.5 Å². The molecule has 0 fully saturated rings. The van der Waals surface area contributed by atoms with E-state index in [-0.39, 0.29) is 0 Å². The van der Waals surface area contributed by atoms with Crippen molar-refractivity contribution in [3.05, 3.63) is 24.0 Å². The van der Waals surface area contributed by atoms with Crippen LogP contribution in [0.4, 0.5) is 0 Å². The van der Waals surface area contributed by atoms with Crippen LogP contribution in [0.25, 0.3) is 0 Å². The molecule has 0 aromatic carbocycles. The van der Waals surface area contributed by atoms with Gasteiger partial charge < -0.3 is 10.1 Å². The van der Waals surface area contributed by atoms with Crippen LogP contribution in [0.15, 0.2) is 18.3 Å². The largest absolute Gasteiger partial charge is 0.492 e. The summed E-state index contributed by atoms with van der Waals surface area (Å²) in [5.41, 5.74) is 1.09. The first kappa shape index (κ1) is 14.0. The second kappa shape index (κ2) is 8.07. The van der Waals surface area contributed by atoms with Crippen LogP contribution < -0.4 is 10.1 Å². The zero-order valence-corrected chi connectivity index (χ0v) is 11.2. The zero-order valence-electron chi connectivity index (χ0n) is 11.2. The molecule has 0 aliphatic carbocycles. The number of pyridine rings is 1. The van der Waals surface area contributed by atoms with Crippen molar-refractivity contribution >= 4 is 0 Å². The number of ether oxygens (including phenoxy) is 1. The van der Waals surface area contributed by atoms with Crippen molar-refractivity contribution in [1.29, 1.82) is 0 Å². The maximum absolute atomic E-state index is 5.59. The van der Waals surface area contributed by atoms with Crippen LogP contribution in [-0.2, 0) is 0 Å². The summed E-state index contributed by atoms with van der Waals surface area (Å²) in [6.45, 7) is 8.19. The van der Waals surface area contributed by atoms with E-state index in [0.717, 1.165) is 43.9 Å². The zero-order chi connectivity index (χ0) is 12.5. The number of rotatable bonds is 8. The molecular formula is C14H24N2O. The first-order chi connectivity index (χ1) is 8.31. The van der Waals surface area contributed by atoms with Gasteiger partial charge in [0.15, 0.2) is 0 Å². The maximum atomic E-state index is 5.59. The molecule has 96 valence electrons. The summed E-state index contributed by atoms with van der Waals surface area (Å²) in [6.07, 6.45) is 5.13. The van der Waals surface area contributed by atoms with Crippen LogP contribution in [0.2, 0.25) is 0 Å². The van der Waals surface area contributed by atoms with Crippen LogP contribution in [0.1, 0.15) is 51.8 Å². The molecule has 0 aliphatic rings. The van der Waals surface area contributed by atoms with E-state index in [0.29, 0.717) is 6.04 Å². The van der Waals surface area contributed by atoms with E-state index >= 15 is 0 Å². The van der Waals surface area contributed by atoms with Gasteiger partial charge in [0.25, 0.3) is 0 Å². The topological polar surface area (TPSA) is 34.1 Å². The van der Waals surface area contributed by atoms with Gasteiger partial charge in [0.1, 0.15) is 5.75 Å². The highest BCUT2D eigenvalue weighted by Crippen LogP contribution is 2.17. The van der Waals surface area contributed by atoms with Crippen molar-refractivity contribution in [2.75, 3.05) is 13.2 Å². The summed E-state index contributed by atoms with van der Waals surface area (Å²) in [4.78, 5) is 4.46. The second-order valence-corrected chi connectivity index (χ2v) is 4.14. The van der Waals surface area contributed by atoms with Crippen LogP contribution in [-0.4, -0.2) is 18.1 Å². The van der Waals surface area contributed by atoms with Gasteiger partial charge in [0.2, 0.25) is 0 Å². The summed E-state index contributed by atoms with van der Waals surface area (Å²) >= 11 is 0. The molecule has 1 unspecified atom stereocenters. The highest BCUT2D eigenvalue weighted by molar-refractivity contribution is 5.21. The monoisotopic (exact) mass is 236 g/mol. The van der Waals surface area contributed by atoms with Crippen molar-refractivity contribution in [2.24, 2.45) is 0 Å². The Morgan fingerprint density at radius 3 is 2.65 bits per heavy atom. The average Bonchev–Trinajstić information content (AvgIpc) is 2.37. The molecule has 0 bridgehead atoms. The third-order valence-corrected chi connectivity index (χ3v) is 2.74. The molecule has 1 aromatic rings. The fourth-order valence-electron chi connectivity index (χ4n) is 1.72. The van der Waals surface area contributed by atoms with Crippen molar-refractivity contribution in [3.8, 4) is 5.75 Å². The Hall–Kier alpha value is -1.09. The standard InChI is InChI=1S/C14H24N2O/c1-4-7-10-17-12-8-9-14(16-11-12)13(5-2)15-6-3/h8-9,11,13,15H,4-7,10H2,1-3H3. The molecule has 0 amide bonds. The van der Waals surface area contributed by atoms with Gasteiger partial charge in [-0.15, -0.1) is 0 Å². The van der Waals surface area contributed by atoms with E-state index in [1.54, 1.807) is 0 Å². The summed E-state index contributed by atoms with van der Waals surface area (Å²) in [6, 6.07) is 4.42. The minimum absolute atomic E-state index is 0.352. The van der Waals surface area contributed by atoms with E-state index in [1.807, 2.05) is 12.3 Å². The Morgan fingerprint density at radius 1 is 1.29 bits per heavy atom. The second-order valence-electron chi connectivity index (χ2n) is 4.14. The van der Waals surface area contributed by atoms with Gasteiger partial charge in [0, 0.05) is 6.04 Å². The Labute approximate surface area is 105 Å². The SMILES string of the molecule is CCCCOc1ccc(C(CC)NCC)nc1. The van der Waals surface area contributed by atoms with Crippen LogP contribution in [0.5, 0.6) is 5.75 Å². The Morgan fingerprint density at radius 2 is 2.12 bits per heavy atom. The van der Waals surface area contributed by atoms with Crippen molar-refractivity contribution < 1.29 is 4.74 Å². The lowest BCUT2D eigenvalue weighted by molar-refractivity contribution is 0.308. The molecule has 3 heteroatoms. The Bertz CT molecular complexity index is 298. The van der Waals surface area contributed by atoms with Crippen LogP contribution in [0, 0.1) is 0 Å². The summed E-state index contributed by atoms with van der Waals surface area (Å²) in [5, 5.41) is 3.42. The van der Waals surface area contributed by atoms with Crippen molar-refractivity contribution in [2.45, 2.75) is 46.1 Å². The van der Waals surface area contributed by atoms with Crippen molar-refractivity contribution in [3.63, 3.8) is 0 Å². The molecule has 1 aromatic heterocycles. The molecule has 0 saturated carbocycles. The third-order valence-electron chi connectivity index (χ3n) is 2.74. The molecule has 1 atom stereocenters. The molecule has 0 spiro atoms. The van der Waals surface area contributed by atoms with Crippen LogP contribution >= 0.6 is 0 Å². The van der Waals surface area contributed by atoms with Gasteiger partial charge in [-0.25, -0.2) is 0 Å². The smallest absolute Gasteiger partial charge is 0.137 e. The van der Waals surface area contributed by atoms with E-state index in [4.69, 9.17) is 4.74 Å². The summed E-state index contributed by atoms with van der Waals surface area (Å²) < 4.78 is 5.59. The van der Waals surface area contributed by atoms with E-state index in [2.05, 4.69) is 37.1 Å². The molecule has 0 aliphatic heterocycles. The maximum Gasteiger partial charge on any atom is 0.137 e. The molecule has 1 heterocycles. The van der Waals surface area contributed by atoms with Gasteiger partial charge in [-0.3, -0.25) is 4.98 Å². The lowest BCUT2D eigenvalue weighted by atomic mass is 10.1. The number of nitrogens with one attached hydrogen (secondary N) is 1. The van der Waals surface area contributed by atoms with Crippen LogP contribution in [0.3, 0.4) is 0 Å².